The van der Waals surface area contributed by atoms with Gasteiger partial charge in [0.05, 0.1) is 24.7 Å². The van der Waals surface area contributed by atoms with E-state index in [2.05, 4.69) is 9.71 Å². The van der Waals surface area contributed by atoms with Gasteiger partial charge in [-0.25, -0.2) is 8.42 Å². The van der Waals surface area contributed by atoms with E-state index in [-0.39, 0.29) is 30.3 Å². The largest absolute Gasteiger partial charge is 0.394 e. The van der Waals surface area contributed by atoms with Crippen LogP contribution in [0.5, 0.6) is 0 Å². The summed E-state index contributed by atoms with van der Waals surface area (Å²) in [6, 6.07) is 15.7. The van der Waals surface area contributed by atoms with Gasteiger partial charge >= 0.3 is 0 Å². The van der Waals surface area contributed by atoms with Crippen LogP contribution in [-0.4, -0.2) is 78.6 Å². The first-order chi connectivity index (χ1) is 16.2. The summed E-state index contributed by atoms with van der Waals surface area (Å²) in [5.41, 5.74) is 1.80. The minimum Gasteiger partial charge on any atom is -0.394 e. The van der Waals surface area contributed by atoms with Crippen molar-refractivity contribution >= 4 is 15.9 Å². The van der Waals surface area contributed by atoms with E-state index in [9.17, 15) is 28.8 Å². The fourth-order valence-corrected chi connectivity index (χ4v) is 4.43. The maximum Gasteiger partial charge on any atom is 0.262 e. The molecule has 0 unspecified atom stereocenters. The van der Waals surface area contributed by atoms with Crippen molar-refractivity contribution in [2.24, 2.45) is 4.99 Å². The van der Waals surface area contributed by atoms with E-state index in [1.807, 2.05) is 37.3 Å². The average Bonchev–Trinajstić information content (AvgIpc) is 2.83. The Labute approximate surface area is 198 Å². The summed E-state index contributed by atoms with van der Waals surface area (Å²) in [5.74, 6) is 0.133. The highest BCUT2D eigenvalue weighted by molar-refractivity contribution is 7.90. The van der Waals surface area contributed by atoms with Gasteiger partial charge in [0.25, 0.3) is 10.0 Å². The third-order valence-electron chi connectivity index (χ3n) is 5.35. The molecule has 186 valence electrons. The molecular formula is C23H30N2O8S. The van der Waals surface area contributed by atoms with E-state index < -0.39 is 47.3 Å². The fourth-order valence-electron chi connectivity index (χ4n) is 3.34. The third-order valence-corrected chi connectivity index (χ3v) is 6.75. The summed E-state index contributed by atoms with van der Waals surface area (Å²) in [6.45, 7) is 1.39. The molecule has 1 saturated heterocycles. The van der Waals surface area contributed by atoms with E-state index in [0.717, 1.165) is 11.1 Å². The highest BCUT2D eigenvalue weighted by atomic mass is 32.2. The molecule has 0 aliphatic carbocycles. The number of nitrogens with one attached hydrogen (secondary N) is 1. The van der Waals surface area contributed by atoms with Crippen LogP contribution in [0.3, 0.4) is 0 Å². The second-order valence-corrected chi connectivity index (χ2v) is 9.67. The van der Waals surface area contributed by atoms with Gasteiger partial charge < -0.3 is 29.9 Å². The topological polar surface area (TPSA) is 158 Å². The molecule has 1 aliphatic rings. The highest BCUT2D eigenvalue weighted by Crippen LogP contribution is 2.22. The van der Waals surface area contributed by atoms with Gasteiger partial charge in [0, 0.05) is 6.42 Å². The number of hydrogen-bond donors (Lipinski definition) is 5. The van der Waals surface area contributed by atoms with E-state index >= 15 is 0 Å². The lowest BCUT2D eigenvalue weighted by Crippen LogP contribution is -2.59. The van der Waals surface area contributed by atoms with Crippen molar-refractivity contribution in [2.45, 2.75) is 55.5 Å². The molecule has 11 heteroatoms. The Kier molecular flexibility index (Phi) is 9.14. The van der Waals surface area contributed by atoms with E-state index in [0.29, 0.717) is 0 Å². The summed E-state index contributed by atoms with van der Waals surface area (Å²) >= 11 is 0. The standard InChI is InChI=1S/C23H30N2O8S/c1-15-7-9-17(10-8-15)34(30,31)25-19(24-13-16-5-3-2-4-6-16)11-12-32-23-22(29)21(28)20(27)18(14-26)33-23/h2-10,18,20-23,26-29H,11-14H2,1H3,(H,24,25)/t18-,20-,21+,22+,23+/m1/s1. The van der Waals surface area contributed by atoms with Crippen LogP contribution < -0.4 is 4.72 Å². The second-order valence-electron chi connectivity index (χ2n) is 7.99. The van der Waals surface area contributed by atoms with Crippen LogP contribution in [0.2, 0.25) is 0 Å². The smallest absolute Gasteiger partial charge is 0.262 e. The molecule has 5 atom stereocenters. The Morgan fingerprint density at radius 1 is 1.03 bits per heavy atom. The Morgan fingerprint density at radius 2 is 1.71 bits per heavy atom. The maximum absolute atomic E-state index is 12.9. The van der Waals surface area contributed by atoms with Crippen LogP contribution in [0.25, 0.3) is 0 Å². The van der Waals surface area contributed by atoms with Gasteiger partial charge in [0.1, 0.15) is 30.3 Å². The summed E-state index contributed by atoms with van der Waals surface area (Å²) in [7, 11) is -3.90. The van der Waals surface area contributed by atoms with Gasteiger partial charge in [-0.05, 0) is 24.6 Å². The molecule has 5 N–H and O–H groups in total. The van der Waals surface area contributed by atoms with Crippen molar-refractivity contribution in [2.75, 3.05) is 13.2 Å². The zero-order valence-electron chi connectivity index (χ0n) is 18.7. The molecule has 0 spiro atoms. The summed E-state index contributed by atoms with van der Waals surface area (Å²) in [5, 5.41) is 39.2. The summed E-state index contributed by atoms with van der Waals surface area (Å²) in [6.07, 6.45) is -7.01. The van der Waals surface area contributed by atoms with Gasteiger partial charge in [-0.1, -0.05) is 48.0 Å². The number of amidine groups is 1. The van der Waals surface area contributed by atoms with Gasteiger partial charge in [0.2, 0.25) is 0 Å². The molecule has 3 rings (SSSR count). The van der Waals surface area contributed by atoms with Crippen molar-refractivity contribution in [3.8, 4) is 0 Å². The van der Waals surface area contributed by atoms with E-state index in [4.69, 9.17) is 9.47 Å². The van der Waals surface area contributed by atoms with Crippen molar-refractivity contribution in [3.05, 3.63) is 65.7 Å². The first-order valence-corrected chi connectivity index (χ1v) is 12.3. The number of hydrogen-bond acceptors (Lipinski definition) is 9. The number of aryl methyl sites for hydroxylation is 1. The average molecular weight is 495 g/mol. The Bertz CT molecular complexity index is 1040. The molecular weight excluding hydrogens is 464 g/mol. The van der Waals surface area contributed by atoms with E-state index in [1.165, 1.54) is 12.1 Å². The van der Waals surface area contributed by atoms with Gasteiger partial charge in [-0.2, -0.15) is 0 Å². The molecule has 10 nitrogen and oxygen atoms in total. The first-order valence-electron chi connectivity index (χ1n) is 10.8. The van der Waals surface area contributed by atoms with Crippen molar-refractivity contribution in [1.82, 2.24) is 4.72 Å². The van der Waals surface area contributed by atoms with Crippen LogP contribution >= 0.6 is 0 Å². The first kappa shape index (κ1) is 26.2. The molecule has 0 saturated carbocycles. The minimum absolute atomic E-state index is 0.0208. The number of ether oxygens (including phenoxy) is 2. The molecule has 0 bridgehead atoms. The molecule has 1 fully saturated rings. The lowest BCUT2D eigenvalue weighted by Gasteiger charge is -2.39. The molecule has 0 aromatic heterocycles. The second kappa shape index (κ2) is 11.8. The zero-order valence-corrected chi connectivity index (χ0v) is 19.5. The van der Waals surface area contributed by atoms with Crippen molar-refractivity contribution in [1.29, 1.82) is 0 Å². The van der Waals surface area contributed by atoms with Gasteiger partial charge in [0.15, 0.2) is 6.29 Å². The van der Waals surface area contributed by atoms with Gasteiger partial charge in [-0.15, -0.1) is 0 Å². The Hall–Kier alpha value is -2.38. The number of benzene rings is 2. The molecule has 0 radical (unpaired) electrons. The van der Waals surface area contributed by atoms with Crippen LogP contribution in [0.15, 0.2) is 64.5 Å². The van der Waals surface area contributed by atoms with Crippen LogP contribution in [0.1, 0.15) is 17.5 Å². The highest BCUT2D eigenvalue weighted by Gasteiger charge is 2.43. The van der Waals surface area contributed by atoms with Crippen LogP contribution in [0.4, 0.5) is 0 Å². The maximum atomic E-state index is 12.9. The summed E-state index contributed by atoms with van der Waals surface area (Å²) < 4.78 is 39.0. The third kappa shape index (κ3) is 6.83. The number of aliphatic hydroxyl groups excluding tert-OH is 4. The molecule has 0 amide bonds. The zero-order chi connectivity index (χ0) is 24.7. The van der Waals surface area contributed by atoms with Crippen molar-refractivity contribution < 1.29 is 38.3 Å². The number of nitrogens with zero attached hydrogens (tertiary/aromatic N) is 1. The molecule has 1 aliphatic heterocycles. The SMILES string of the molecule is Cc1ccc(S(=O)(=O)NC(CCO[C@H]2O[C@H](CO)[C@@H](O)[C@H](O)[C@@H]2O)=NCc2ccccc2)cc1. The molecule has 2 aromatic carbocycles. The summed E-state index contributed by atoms with van der Waals surface area (Å²) in [4.78, 5) is 4.48. The van der Waals surface area contributed by atoms with E-state index in [1.54, 1.807) is 12.1 Å². The minimum atomic E-state index is -3.90. The lowest BCUT2D eigenvalue weighted by atomic mass is 9.99. The lowest BCUT2D eigenvalue weighted by molar-refractivity contribution is -0.300. The van der Waals surface area contributed by atoms with Crippen LogP contribution in [0, 0.1) is 6.92 Å². The predicted octanol–water partition coefficient (Wildman–Crippen LogP) is 0.0786. The number of aliphatic imine (C=N–C) groups is 1. The number of sulfonamides is 1. The quantitative estimate of drug-likeness (QED) is 0.242. The molecule has 34 heavy (non-hydrogen) atoms. The fraction of sp³-hybridized carbons (Fsp3) is 0.435. The molecule has 1 heterocycles. The Balaban J connectivity index is 1.70. The number of rotatable bonds is 9. The monoisotopic (exact) mass is 494 g/mol. The molecule has 2 aromatic rings. The van der Waals surface area contributed by atoms with Crippen LogP contribution in [-0.2, 0) is 26.0 Å². The predicted molar refractivity (Wildman–Crippen MR) is 123 cm³/mol. The van der Waals surface area contributed by atoms with Crippen molar-refractivity contribution in [3.63, 3.8) is 0 Å². The van der Waals surface area contributed by atoms with Gasteiger partial charge in [-0.3, -0.25) is 9.71 Å². The number of aliphatic hydroxyl groups is 4. The normalized spacial score (nSPS) is 25.8. The Morgan fingerprint density at radius 3 is 2.35 bits per heavy atom.